The summed E-state index contributed by atoms with van der Waals surface area (Å²) in [5.74, 6) is -0.855. The molecule has 1 saturated carbocycles. The highest BCUT2D eigenvalue weighted by Gasteiger charge is 2.23. The second-order valence-corrected chi connectivity index (χ2v) is 7.98. The van der Waals surface area contributed by atoms with Gasteiger partial charge in [0, 0.05) is 41.1 Å². The molecule has 27 heavy (non-hydrogen) atoms. The first-order valence-electron chi connectivity index (χ1n) is 9.87. The molecule has 0 bridgehead atoms. The quantitative estimate of drug-likeness (QED) is 0.658. The first-order valence-corrected chi connectivity index (χ1v) is 10.3. The lowest BCUT2D eigenvalue weighted by atomic mass is 10.1. The Labute approximate surface area is 166 Å². The maximum absolute atomic E-state index is 12.0. The number of rotatable bonds is 6. The number of carbonyl (C=O) groups is 1. The van der Waals surface area contributed by atoms with Gasteiger partial charge in [-0.25, -0.2) is 4.79 Å². The van der Waals surface area contributed by atoms with E-state index in [0.29, 0.717) is 29.7 Å². The van der Waals surface area contributed by atoms with Gasteiger partial charge in [-0.1, -0.05) is 55.5 Å². The van der Waals surface area contributed by atoms with E-state index in [2.05, 4.69) is 9.88 Å². The Kier molecular flexibility index (Phi) is 6.61. The number of aromatic nitrogens is 1. The zero-order valence-electron chi connectivity index (χ0n) is 16.2. The molecule has 0 amide bonds. The summed E-state index contributed by atoms with van der Waals surface area (Å²) in [6, 6.07) is 8.22. The molecule has 1 aliphatic carbocycles. The monoisotopic (exact) mass is 388 g/mol. The molecular weight excluding hydrogens is 360 g/mol. The van der Waals surface area contributed by atoms with Crippen LogP contribution in [0.25, 0.3) is 0 Å². The van der Waals surface area contributed by atoms with E-state index < -0.39 is 5.97 Å². The zero-order chi connectivity index (χ0) is 19.4. The minimum atomic E-state index is -0.855. The molecule has 2 aromatic rings. The van der Waals surface area contributed by atoms with Crippen LogP contribution in [0.3, 0.4) is 0 Å². The molecule has 1 heterocycles. The van der Waals surface area contributed by atoms with Gasteiger partial charge in [-0.05, 0) is 38.3 Å². The van der Waals surface area contributed by atoms with E-state index in [0.717, 1.165) is 22.5 Å². The van der Waals surface area contributed by atoms with Gasteiger partial charge in [0.1, 0.15) is 0 Å². The second kappa shape index (κ2) is 8.94. The summed E-state index contributed by atoms with van der Waals surface area (Å²) in [4.78, 5) is 12.0. The van der Waals surface area contributed by atoms with E-state index >= 15 is 0 Å². The van der Waals surface area contributed by atoms with Gasteiger partial charge in [-0.15, -0.1) is 0 Å². The normalized spacial score (nSPS) is 15.7. The van der Waals surface area contributed by atoms with Crippen LogP contribution in [0, 0.1) is 13.8 Å². The van der Waals surface area contributed by atoms with Gasteiger partial charge in [0.25, 0.3) is 0 Å². The lowest BCUT2D eigenvalue weighted by Gasteiger charge is -2.17. The number of carboxylic acid groups (broad SMARTS) is 1. The molecule has 5 heteroatoms. The molecule has 4 nitrogen and oxygen atoms in total. The largest absolute Gasteiger partial charge is 0.478 e. The summed E-state index contributed by atoms with van der Waals surface area (Å²) in [6.07, 6.45) is 7.50. The van der Waals surface area contributed by atoms with Gasteiger partial charge in [0.15, 0.2) is 0 Å². The third kappa shape index (κ3) is 4.56. The van der Waals surface area contributed by atoms with Crippen LogP contribution in [-0.4, -0.2) is 21.7 Å². The third-order valence-corrected chi connectivity index (χ3v) is 6.20. The van der Waals surface area contributed by atoms with Gasteiger partial charge in [0.2, 0.25) is 0 Å². The smallest absolute Gasteiger partial charge is 0.337 e. The summed E-state index contributed by atoms with van der Waals surface area (Å²) < 4.78 is 2.08. The van der Waals surface area contributed by atoms with Crippen LogP contribution in [0.15, 0.2) is 24.3 Å². The summed E-state index contributed by atoms with van der Waals surface area (Å²) in [5, 5.41) is 14.2. The van der Waals surface area contributed by atoms with Crippen molar-refractivity contribution in [1.82, 2.24) is 9.88 Å². The van der Waals surface area contributed by atoms with Crippen LogP contribution in [0.5, 0.6) is 0 Å². The Morgan fingerprint density at radius 3 is 2.44 bits per heavy atom. The van der Waals surface area contributed by atoms with Crippen molar-refractivity contribution < 1.29 is 9.90 Å². The average molecular weight is 389 g/mol. The summed E-state index contributed by atoms with van der Waals surface area (Å²) >= 11 is 6.32. The highest BCUT2D eigenvalue weighted by molar-refractivity contribution is 6.31. The highest BCUT2D eigenvalue weighted by Crippen LogP contribution is 2.26. The molecular formula is C22H29ClN2O2. The fourth-order valence-electron chi connectivity index (χ4n) is 4.21. The van der Waals surface area contributed by atoms with Crippen molar-refractivity contribution in [2.45, 2.75) is 71.5 Å². The number of nitrogens with one attached hydrogen (secondary N) is 1. The van der Waals surface area contributed by atoms with Crippen molar-refractivity contribution in [2.75, 3.05) is 0 Å². The Morgan fingerprint density at radius 1 is 1.15 bits per heavy atom. The second-order valence-electron chi connectivity index (χ2n) is 7.58. The third-order valence-electron chi connectivity index (χ3n) is 5.83. The summed E-state index contributed by atoms with van der Waals surface area (Å²) in [5.41, 5.74) is 4.13. The minimum Gasteiger partial charge on any atom is -0.478 e. The van der Waals surface area contributed by atoms with Crippen molar-refractivity contribution in [1.29, 1.82) is 0 Å². The van der Waals surface area contributed by atoms with Gasteiger partial charge < -0.3 is 15.0 Å². The zero-order valence-corrected chi connectivity index (χ0v) is 17.0. The van der Waals surface area contributed by atoms with E-state index in [1.165, 1.54) is 38.5 Å². The SMILES string of the molecule is Cc1c(CNC2CCCCCC2)c(C(=O)O)c(C)n1Cc1ccccc1Cl. The lowest BCUT2D eigenvalue weighted by molar-refractivity contribution is 0.0694. The fraction of sp³-hybridized carbons (Fsp3) is 0.500. The van der Waals surface area contributed by atoms with E-state index in [-0.39, 0.29) is 0 Å². The van der Waals surface area contributed by atoms with Crippen molar-refractivity contribution in [3.8, 4) is 0 Å². The van der Waals surface area contributed by atoms with E-state index in [1.807, 2.05) is 38.1 Å². The Hall–Kier alpha value is -1.78. The average Bonchev–Trinajstić information content (AvgIpc) is 2.82. The number of aromatic carboxylic acids is 1. The molecule has 0 aliphatic heterocycles. The van der Waals surface area contributed by atoms with Gasteiger partial charge in [0.05, 0.1) is 5.56 Å². The molecule has 0 unspecified atom stereocenters. The van der Waals surface area contributed by atoms with Crippen molar-refractivity contribution in [3.05, 3.63) is 57.4 Å². The van der Waals surface area contributed by atoms with Crippen molar-refractivity contribution in [3.63, 3.8) is 0 Å². The van der Waals surface area contributed by atoms with E-state index in [9.17, 15) is 9.90 Å². The molecule has 1 aromatic carbocycles. The van der Waals surface area contributed by atoms with Crippen molar-refractivity contribution in [2.24, 2.45) is 0 Å². The topological polar surface area (TPSA) is 54.3 Å². The van der Waals surface area contributed by atoms with E-state index in [1.54, 1.807) is 0 Å². The number of nitrogens with zero attached hydrogens (tertiary/aromatic N) is 1. The van der Waals surface area contributed by atoms with Crippen LogP contribution in [0.2, 0.25) is 5.02 Å². The number of hydrogen-bond acceptors (Lipinski definition) is 2. The van der Waals surface area contributed by atoms with Gasteiger partial charge in [-0.3, -0.25) is 0 Å². The van der Waals surface area contributed by atoms with Crippen molar-refractivity contribution >= 4 is 17.6 Å². The Balaban J connectivity index is 1.86. The Bertz CT molecular complexity index is 805. The van der Waals surface area contributed by atoms with Crippen LogP contribution in [0.4, 0.5) is 0 Å². The predicted molar refractivity (Wildman–Crippen MR) is 110 cm³/mol. The number of hydrogen-bond donors (Lipinski definition) is 2. The number of benzene rings is 1. The first-order chi connectivity index (χ1) is 13.0. The van der Waals surface area contributed by atoms with Crippen LogP contribution in [-0.2, 0) is 13.1 Å². The van der Waals surface area contributed by atoms with Crippen LogP contribution < -0.4 is 5.32 Å². The van der Waals surface area contributed by atoms with E-state index in [4.69, 9.17) is 11.6 Å². The maximum atomic E-state index is 12.0. The predicted octanol–water partition coefficient (Wildman–Crippen LogP) is 5.32. The molecule has 1 fully saturated rings. The standard InChI is InChI=1S/C22H29ClN2O2/c1-15-19(13-24-18-10-5-3-4-6-11-18)21(22(26)27)16(2)25(15)14-17-9-7-8-12-20(17)23/h7-9,12,18,24H,3-6,10-11,13-14H2,1-2H3,(H,26,27). The highest BCUT2D eigenvalue weighted by atomic mass is 35.5. The maximum Gasteiger partial charge on any atom is 0.337 e. The molecule has 3 rings (SSSR count). The fourth-order valence-corrected chi connectivity index (χ4v) is 4.41. The molecule has 1 aliphatic rings. The first kappa shape index (κ1) is 20.0. The van der Waals surface area contributed by atoms with Gasteiger partial charge in [-0.2, -0.15) is 0 Å². The molecule has 2 N–H and O–H groups in total. The number of halogens is 1. The molecule has 0 saturated heterocycles. The Morgan fingerprint density at radius 2 is 1.81 bits per heavy atom. The molecule has 146 valence electrons. The molecule has 1 aromatic heterocycles. The molecule has 0 spiro atoms. The summed E-state index contributed by atoms with van der Waals surface area (Å²) in [7, 11) is 0. The minimum absolute atomic E-state index is 0.431. The lowest BCUT2D eigenvalue weighted by Crippen LogP contribution is -2.28. The van der Waals surface area contributed by atoms with Gasteiger partial charge >= 0.3 is 5.97 Å². The van der Waals surface area contributed by atoms with Crippen LogP contribution in [0.1, 0.15) is 71.4 Å². The molecule has 0 radical (unpaired) electrons. The van der Waals surface area contributed by atoms with Crippen LogP contribution >= 0.6 is 11.6 Å². The molecule has 0 atom stereocenters. The summed E-state index contributed by atoms with van der Waals surface area (Å²) in [6.45, 7) is 5.10. The number of carboxylic acids is 1.